The first-order chi connectivity index (χ1) is 8.30. The standard InChI is InChI=1S/C11H20N4O2S/c1-4-7-11(2,3)15-18(16,17)9-5-6-10(14-12)13-8-9/h5-6,8,15H,4,7,12H2,1-3H3,(H,13,14). The first kappa shape index (κ1) is 14.9. The van der Waals surface area contributed by atoms with Gasteiger partial charge in [0.15, 0.2) is 0 Å². The summed E-state index contributed by atoms with van der Waals surface area (Å²) in [6.07, 6.45) is 2.95. The lowest BCUT2D eigenvalue weighted by atomic mass is 10.0. The first-order valence-corrected chi connectivity index (χ1v) is 7.26. The highest BCUT2D eigenvalue weighted by Gasteiger charge is 2.25. The highest BCUT2D eigenvalue weighted by atomic mass is 32.2. The first-order valence-electron chi connectivity index (χ1n) is 5.77. The normalized spacial score (nSPS) is 12.4. The van der Waals surface area contributed by atoms with E-state index in [0.29, 0.717) is 5.82 Å². The smallest absolute Gasteiger partial charge is 0.242 e. The zero-order valence-corrected chi connectivity index (χ0v) is 11.7. The molecule has 0 atom stereocenters. The van der Waals surface area contributed by atoms with Gasteiger partial charge < -0.3 is 5.43 Å². The van der Waals surface area contributed by atoms with E-state index in [1.807, 2.05) is 20.8 Å². The number of anilines is 1. The van der Waals surface area contributed by atoms with E-state index in [-0.39, 0.29) is 4.90 Å². The summed E-state index contributed by atoms with van der Waals surface area (Å²) >= 11 is 0. The zero-order chi connectivity index (χ0) is 13.8. The van der Waals surface area contributed by atoms with E-state index in [1.54, 1.807) is 0 Å². The molecule has 0 saturated carbocycles. The number of nitrogen functional groups attached to an aromatic ring is 1. The molecule has 1 aromatic heterocycles. The van der Waals surface area contributed by atoms with Gasteiger partial charge in [-0.1, -0.05) is 13.3 Å². The number of pyridine rings is 1. The Bertz CT molecular complexity index is 482. The van der Waals surface area contributed by atoms with Crippen LogP contribution in [-0.2, 0) is 10.0 Å². The zero-order valence-electron chi connectivity index (χ0n) is 10.9. The van der Waals surface area contributed by atoms with Crippen LogP contribution in [0.15, 0.2) is 23.2 Å². The molecule has 0 amide bonds. The molecular formula is C11H20N4O2S. The van der Waals surface area contributed by atoms with Gasteiger partial charge in [0, 0.05) is 11.7 Å². The van der Waals surface area contributed by atoms with E-state index in [9.17, 15) is 8.42 Å². The van der Waals surface area contributed by atoms with Crippen molar-refractivity contribution in [2.75, 3.05) is 5.43 Å². The van der Waals surface area contributed by atoms with Crippen molar-refractivity contribution in [3.63, 3.8) is 0 Å². The van der Waals surface area contributed by atoms with Gasteiger partial charge in [-0.15, -0.1) is 0 Å². The van der Waals surface area contributed by atoms with Crippen molar-refractivity contribution < 1.29 is 8.42 Å². The lowest BCUT2D eigenvalue weighted by Gasteiger charge is -2.25. The minimum atomic E-state index is -3.55. The lowest BCUT2D eigenvalue weighted by molar-refractivity contribution is 0.417. The van der Waals surface area contributed by atoms with Crippen molar-refractivity contribution in [3.8, 4) is 0 Å². The predicted molar refractivity (Wildman–Crippen MR) is 71.4 cm³/mol. The maximum Gasteiger partial charge on any atom is 0.242 e. The Hall–Kier alpha value is -1.18. The van der Waals surface area contributed by atoms with Crippen LogP contribution in [0.1, 0.15) is 33.6 Å². The molecule has 102 valence electrons. The molecule has 0 spiro atoms. The summed E-state index contributed by atoms with van der Waals surface area (Å²) in [4.78, 5) is 4.01. The average Bonchev–Trinajstić information content (AvgIpc) is 2.27. The van der Waals surface area contributed by atoms with Gasteiger partial charge in [0.2, 0.25) is 10.0 Å². The maximum absolute atomic E-state index is 12.1. The number of nitrogens with one attached hydrogen (secondary N) is 2. The van der Waals surface area contributed by atoms with E-state index in [4.69, 9.17) is 5.84 Å². The van der Waals surface area contributed by atoms with E-state index >= 15 is 0 Å². The molecule has 0 bridgehead atoms. The molecule has 0 aliphatic carbocycles. The van der Waals surface area contributed by atoms with Crippen molar-refractivity contribution in [2.24, 2.45) is 5.84 Å². The summed E-state index contributed by atoms with van der Waals surface area (Å²) in [5.74, 6) is 5.59. The van der Waals surface area contributed by atoms with Crippen molar-refractivity contribution in [1.82, 2.24) is 9.71 Å². The van der Waals surface area contributed by atoms with E-state index in [0.717, 1.165) is 12.8 Å². The number of hydrogen-bond acceptors (Lipinski definition) is 5. The molecule has 0 radical (unpaired) electrons. The highest BCUT2D eigenvalue weighted by molar-refractivity contribution is 7.89. The molecular weight excluding hydrogens is 252 g/mol. The molecule has 0 saturated heterocycles. The van der Waals surface area contributed by atoms with Crippen LogP contribution in [0.4, 0.5) is 5.82 Å². The van der Waals surface area contributed by atoms with Gasteiger partial charge in [-0.05, 0) is 32.4 Å². The summed E-state index contributed by atoms with van der Waals surface area (Å²) in [6.45, 7) is 5.73. The van der Waals surface area contributed by atoms with Crippen molar-refractivity contribution in [3.05, 3.63) is 18.3 Å². The topological polar surface area (TPSA) is 97.1 Å². The summed E-state index contributed by atoms with van der Waals surface area (Å²) in [7, 11) is -3.55. The third-order valence-corrected chi connectivity index (χ3v) is 4.16. The van der Waals surface area contributed by atoms with Crippen LogP contribution in [-0.4, -0.2) is 18.9 Å². The number of nitrogens with zero attached hydrogens (tertiary/aromatic N) is 1. The number of sulfonamides is 1. The SMILES string of the molecule is CCCC(C)(C)NS(=O)(=O)c1ccc(NN)nc1. The number of hydrazine groups is 1. The molecule has 6 nitrogen and oxygen atoms in total. The van der Waals surface area contributed by atoms with Crippen LogP contribution in [0.5, 0.6) is 0 Å². The Labute approximate surface area is 108 Å². The van der Waals surface area contributed by atoms with Crippen molar-refractivity contribution in [1.29, 1.82) is 0 Å². The van der Waals surface area contributed by atoms with Gasteiger partial charge in [-0.25, -0.2) is 24.0 Å². The van der Waals surface area contributed by atoms with Crippen LogP contribution in [0.25, 0.3) is 0 Å². The fraction of sp³-hybridized carbons (Fsp3) is 0.545. The Kier molecular flexibility index (Phi) is 4.66. The highest BCUT2D eigenvalue weighted by Crippen LogP contribution is 2.17. The third-order valence-electron chi connectivity index (χ3n) is 2.48. The fourth-order valence-electron chi connectivity index (χ4n) is 1.72. The summed E-state index contributed by atoms with van der Waals surface area (Å²) in [5, 5.41) is 0. The summed E-state index contributed by atoms with van der Waals surface area (Å²) in [5.41, 5.74) is 1.87. The van der Waals surface area contributed by atoms with Gasteiger partial charge in [0.05, 0.1) is 0 Å². The minimum absolute atomic E-state index is 0.130. The van der Waals surface area contributed by atoms with Crippen molar-refractivity contribution in [2.45, 2.75) is 44.0 Å². The number of nitrogens with two attached hydrogens (primary N) is 1. The molecule has 1 rings (SSSR count). The number of hydrogen-bond donors (Lipinski definition) is 3. The van der Waals surface area contributed by atoms with Crippen LogP contribution in [0.3, 0.4) is 0 Å². The minimum Gasteiger partial charge on any atom is -0.308 e. The molecule has 18 heavy (non-hydrogen) atoms. The second-order valence-corrected chi connectivity index (χ2v) is 6.45. The molecule has 0 fully saturated rings. The third kappa shape index (κ3) is 3.94. The van der Waals surface area contributed by atoms with Crippen LogP contribution in [0, 0.1) is 0 Å². The van der Waals surface area contributed by atoms with E-state index in [1.165, 1.54) is 18.3 Å². The quantitative estimate of drug-likeness (QED) is 0.534. The Morgan fingerprint density at radius 2 is 2.06 bits per heavy atom. The monoisotopic (exact) mass is 272 g/mol. The van der Waals surface area contributed by atoms with Crippen LogP contribution < -0.4 is 16.0 Å². The lowest BCUT2D eigenvalue weighted by Crippen LogP contribution is -2.43. The largest absolute Gasteiger partial charge is 0.308 e. The summed E-state index contributed by atoms with van der Waals surface area (Å²) < 4.78 is 26.9. The van der Waals surface area contributed by atoms with Gasteiger partial charge in [-0.2, -0.15) is 0 Å². The van der Waals surface area contributed by atoms with Crippen LogP contribution >= 0.6 is 0 Å². The average molecular weight is 272 g/mol. The fourth-order valence-corrected chi connectivity index (χ4v) is 3.11. The maximum atomic E-state index is 12.1. The van der Waals surface area contributed by atoms with Gasteiger partial charge in [-0.3, -0.25) is 0 Å². The Morgan fingerprint density at radius 1 is 1.39 bits per heavy atom. The molecule has 0 aliphatic heterocycles. The van der Waals surface area contributed by atoms with E-state index < -0.39 is 15.6 Å². The second-order valence-electron chi connectivity index (χ2n) is 4.76. The Morgan fingerprint density at radius 3 is 2.50 bits per heavy atom. The van der Waals surface area contributed by atoms with Crippen LogP contribution in [0.2, 0.25) is 0 Å². The molecule has 0 unspecified atom stereocenters. The second kappa shape index (κ2) is 5.64. The van der Waals surface area contributed by atoms with Gasteiger partial charge >= 0.3 is 0 Å². The molecule has 1 heterocycles. The van der Waals surface area contributed by atoms with E-state index in [2.05, 4.69) is 15.1 Å². The number of rotatable bonds is 6. The predicted octanol–water partition coefficient (Wildman–Crippen LogP) is 1.22. The molecule has 4 N–H and O–H groups in total. The number of aromatic nitrogens is 1. The molecule has 0 aliphatic rings. The van der Waals surface area contributed by atoms with Crippen molar-refractivity contribution >= 4 is 15.8 Å². The van der Waals surface area contributed by atoms with Gasteiger partial charge in [0.25, 0.3) is 0 Å². The Balaban J connectivity index is 2.92. The van der Waals surface area contributed by atoms with Gasteiger partial charge in [0.1, 0.15) is 10.7 Å². The molecule has 0 aromatic carbocycles. The molecule has 7 heteroatoms. The summed E-state index contributed by atoms with van der Waals surface area (Å²) in [6, 6.07) is 2.98. The molecule has 1 aromatic rings.